The highest BCUT2D eigenvalue weighted by atomic mass is 79.9. The first-order valence-electron chi connectivity index (χ1n) is 5.46. The van der Waals surface area contributed by atoms with E-state index in [4.69, 9.17) is 4.74 Å². The summed E-state index contributed by atoms with van der Waals surface area (Å²) in [6.45, 7) is 0. The molecule has 0 radical (unpaired) electrons. The lowest BCUT2D eigenvalue weighted by atomic mass is 9.95. The van der Waals surface area contributed by atoms with Crippen molar-refractivity contribution in [3.05, 3.63) is 28.5 Å². The average molecular weight is 289 g/mol. The van der Waals surface area contributed by atoms with Crippen LogP contribution in [0.25, 0.3) is 0 Å². The summed E-state index contributed by atoms with van der Waals surface area (Å²) in [7, 11) is 0. The van der Waals surface area contributed by atoms with Crippen molar-refractivity contribution in [2.24, 2.45) is 0 Å². The van der Waals surface area contributed by atoms with Gasteiger partial charge in [0.15, 0.2) is 0 Å². The second-order valence-electron chi connectivity index (χ2n) is 4.08. The number of rotatable bonds is 2. The highest BCUT2D eigenvalue weighted by molar-refractivity contribution is 9.10. The van der Waals surface area contributed by atoms with Crippen molar-refractivity contribution >= 4 is 15.9 Å². The molecule has 1 N–H and O–H groups in total. The Labute approximate surface area is 103 Å². The molecule has 88 valence electrons. The van der Waals surface area contributed by atoms with Crippen molar-refractivity contribution in [1.29, 1.82) is 0 Å². The average Bonchev–Trinajstić information content (AvgIpc) is 2.27. The molecule has 0 heterocycles. The van der Waals surface area contributed by atoms with Crippen LogP contribution in [-0.2, 0) is 0 Å². The molecule has 0 aromatic heterocycles. The summed E-state index contributed by atoms with van der Waals surface area (Å²) in [6, 6.07) is 4.32. The van der Waals surface area contributed by atoms with E-state index < -0.39 is 6.10 Å². The second kappa shape index (κ2) is 5.15. The molecule has 2 rings (SSSR count). The van der Waals surface area contributed by atoms with E-state index in [0.717, 1.165) is 25.7 Å². The van der Waals surface area contributed by atoms with Crippen LogP contribution in [0.1, 0.15) is 25.7 Å². The van der Waals surface area contributed by atoms with Crippen molar-refractivity contribution in [1.82, 2.24) is 0 Å². The van der Waals surface area contributed by atoms with E-state index in [9.17, 15) is 9.50 Å². The van der Waals surface area contributed by atoms with E-state index in [-0.39, 0.29) is 11.9 Å². The Morgan fingerprint density at radius 2 is 2.06 bits per heavy atom. The van der Waals surface area contributed by atoms with Crippen LogP contribution in [-0.4, -0.2) is 17.3 Å². The zero-order valence-corrected chi connectivity index (χ0v) is 10.4. The lowest BCUT2D eigenvalue weighted by molar-refractivity contribution is 0.00634. The van der Waals surface area contributed by atoms with Crippen LogP contribution in [0.3, 0.4) is 0 Å². The molecule has 0 aliphatic heterocycles. The van der Waals surface area contributed by atoms with Gasteiger partial charge in [-0.15, -0.1) is 0 Å². The van der Waals surface area contributed by atoms with Gasteiger partial charge in [-0.1, -0.05) is 6.42 Å². The maximum Gasteiger partial charge on any atom is 0.136 e. The van der Waals surface area contributed by atoms with Crippen LogP contribution in [0.5, 0.6) is 5.75 Å². The largest absolute Gasteiger partial charge is 0.486 e. The first-order chi connectivity index (χ1) is 7.66. The minimum absolute atomic E-state index is 0.216. The third-order valence-electron chi connectivity index (χ3n) is 2.84. The molecular weight excluding hydrogens is 275 g/mol. The van der Waals surface area contributed by atoms with Crippen LogP contribution in [0.4, 0.5) is 4.39 Å². The second-order valence-corrected chi connectivity index (χ2v) is 4.94. The van der Waals surface area contributed by atoms with E-state index in [0.29, 0.717) is 10.2 Å². The smallest absolute Gasteiger partial charge is 0.136 e. The Morgan fingerprint density at radius 1 is 1.31 bits per heavy atom. The van der Waals surface area contributed by atoms with Gasteiger partial charge in [-0.3, -0.25) is 0 Å². The van der Waals surface area contributed by atoms with E-state index in [2.05, 4.69) is 15.9 Å². The Morgan fingerprint density at radius 3 is 2.81 bits per heavy atom. The van der Waals surface area contributed by atoms with Gasteiger partial charge in [0.1, 0.15) is 17.7 Å². The maximum atomic E-state index is 13.0. The van der Waals surface area contributed by atoms with Crippen LogP contribution >= 0.6 is 15.9 Å². The van der Waals surface area contributed by atoms with Gasteiger partial charge in [0.05, 0.1) is 10.6 Å². The summed E-state index contributed by atoms with van der Waals surface area (Å²) in [5.74, 6) is 0.134. The molecule has 0 unspecified atom stereocenters. The number of benzene rings is 1. The van der Waals surface area contributed by atoms with Gasteiger partial charge in [-0.2, -0.15) is 0 Å². The van der Waals surface area contributed by atoms with Gasteiger partial charge in [0.2, 0.25) is 0 Å². The van der Waals surface area contributed by atoms with E-state index >= 15 is 0 Å². The number of halogens is 2. The lowest BCUT2D eigenvalue weighted by Crippen LogP contribution is -2.34. The molecule has 1 aromatic rings. The fraction of sp³-hybridized carbons (Fsp3) is 0.500. The van der Waals surface area contributed by atoms with Crippen molar-refractivity contribution in [3.8, 4) is 5.75 Å². The Balaban J connectivity index is 2.10. The van der Waals surface area contributed by atoms with Gasteiger partial charge >= 0.3 is 0 Å². The molecule has 2 atom stereocenters. The third-order valence-corrected chi connectivity index (χ3v) is 3.49. The zero-order valence-electron chi connectivity index (χ0n) is 8.83. The van der Waals surface area contributed by atoms with E-state index in [1.807, 2.05) is 0 Å². The quantitative estimate of drug-likeness (QED) is 0.905. The molecule has 0 saturated heterocycles. The molecule has 4 heteroatoms. The summed E-state index contributed by atoms with van der Waals surface area (Å²) >= 11 is 3.30. The summed E-state index contributed by atoms with van der Waals surface area (Å²) < 4.78 is 19.4. The standard InChI is InChI=1S/C12H14BrFO2/c13-9-6-5-8(14)7-12(9)16-11-4-2-1-3-10(11)15/h5-7,10-11,15H,1-4H2/t10-,11-/m1/s1. The van der Waals surface area contributed by atoms with Gasteiger partial charge in [0, 0.05) is 6.07 Å². The minimum Gasteiger partial charge on any atom is -0.486 e. The van der Waals surface area contributed by atoms with Crippen LogP contribution < -0.4 is 4.74 Å². The van der Waals surface area contributed by atoms with Crippen molar-refractivity contribution in [2.75, 3.05) is 0 Å². The summed E-state index contributed by atoms with van der Waals surface area (Å²) in [5, 5.41) is 9.76. The van der Waals surface area contributed by atoms with Crippen LogP contribution in [0, 0.1) is 5.82 Å². The monoisotopic (exact) mass is 288 g/mol. The molecule has 0 amide bonds. The molecule has 1 fully saturated rings. The molecule has 1 saturated carbocycles. The van der Waals surface area contributed by atoms with Crippen LogP contribution in [0.15, 0.2) is 22.7 Å². The SMILES string of the molecule is O[C@@H]1CCCC[C@H]1Oc1cc(F)ccc1Br. The summed E-state index contributed by atoms with van der Waals surface area (Å²) in [4.78, 5) is 0. The van der Waals surface area contributed by atoms with Gasteiger partial charge in [0.25, 0.3) is 0 Å². The summed E-state index contributed by atoms with van der Waals surface area (Å²) in [6.07, 6.45) is 3.01. The number of aliphatic hydroxyl groups is 1. The molecule has 0 bridgehead atoms. The summed E-state index contributed by atoms with van der Waals surface area (Å²) in [5.41, 5.74) is 0. The minimum atomic E-state index is -0.441. The maximum absolute atomic E-state index is 13.0. The van der Waals surface area contributed by atoms with E-state index in [1.54, 1.807) is 6.07 Å². The van der Waals surface area contributed by atoms with Crippen molar-refractivity contribution in [3.63, 3.8) is 0 Å². The molecule has 2 nitrogen and oxygen atoms in total. The normalized spacial score (nSPS) is 25.4. The Bertz CT molecular complexity index is 370. The predicted octanol–water partition coefficient (Wildman–Crippen LogP) is 3.27. The van der Waals surface area contributed by atoms with Gasteiger partial charge in [-0.05, 0) is 47.3 Å². The first kappa shape index (κ1) is 11.9. The lowest BCUT2D eigenvalue weighted by Gasteiger charge is -2.28. The number of aliphatic hydroxyl groups excluding tert-OH is 1. The van der Waals surface area contributed by atoms with Crippen LogP contribution in [0.2, 0.25) is 0 Å². The van der Waals surface area contributed by atoms with E-state index in [1.165, 1.54) is 12.1 Å². The number of hydrogen-bond donors (Lipinski definition) is 1. The van der Waals surface area contributed by atoms with Gasteiger partial charge < -0.3 is 9.84 Å². The first-order valence-corrected chi connectivity index (χ1v) is 6.26. The highest BCUT2D eigenvalue weighted by Crippen LogP contribution is 2.30. The number of hydrogen-bond acceptors (Lipinski definition) is 2. The molecule has 1 aliphatic carbocycles. The molecule has 1 aliphatic rings. The molecule has 0 spiro atoms. The Hall–Kier alpha value is -0.610. The molecular formula is C12H14BrFO2. The zero-order chi connectivity index (χ0) is 11.5. The fourth-order valence-electron chi connectivity index (χ4n) is 1.95. The molecule has 16 heavy (non-hydrogen) atoms. The predicted molar refractivity (Wildman–Crippen MR) is 63.0 cm³/mol. The number of ether oxygens (including phenoxy) is 1. The van der Waals surface area contributed by atoms with Crippen molar-refractivity contribution < 1.29 is 14.2 Å². The topological polar surface area (TPSA) is 29.5 Å². The Kier molecular flexibility index (Phi) is 3.82. The van der Waals surface area contributed by atoms with Crippen molar-refractivity contribution in [2.45, 2.75) is 37.9 Å². The van der Waals surface area contributed by atoms with Gasteiger partial charge in [-0.25, -0.2) is 4.39 Å². The fourth-order valence-corrected chi connectivity index (χ4v) is 2.29. The third kappa shape index (κ3) is 2.74. The highest BCUT2D eigenvalue weighted by Gasteiger charge is 2.25. The molecule has 1 aromatic carbocycles.